The third-order valence-corrected chi connectivity index (χ3v) is 8.00. The van der Waals surface area contributed by atoms with Gasteiger partial charge in [-0.2, -0.15) is 0 Å². The lowest BCUT2D eigenvalue weighted by Crippen LogP contribution is -2.44. The number of aromatic amines is 1. The van der Waals surface area contributed by atoms with E-state index in [4.69, 9.17) is 22.0 Å². The Kier molecular flexibility index (Phi) is 6.88. The number of carbonyl (C=O) groups is 2. The van der Waals surface area contributed by atoms with Crippen LogP contribution in [0.1, 0.15) is 24.0 Å². The average molecular weight is 578 g/mol. The standard InChI is InChI=1S/C27H27N7O6S/c28-25(29)14-6-7-18-19(11-14)33-27(32-18)17-10-15(12-21(35)34-8-2-5-20(34)26(30)38)23(36)22(24(17)37)13-3-1-4-16(9-13)41(31,39)40/h1,3-4,6-7,9-11,20,36-37H,2,5,8,12H2,(H3,28,29)(H2,30,38)(H,32,33)(H2,31,39,40). The van der Waals surface area contributed by atoms with Crippen molar-refractivity contribution in [3.8, 4) is 34.0 Å². The number of amidine groups is 1. The predicted molar refractivity (Wildman–Crippen MR) is 150 cm³/mol. The summed E-state index contributed by atoms with van der Waals surface area (Å²) >= 11 is 0. The van der Waals surface area contributed by atoms with Gasteiger partial charge in [0, 0.05) is 17.7 Å². The number of primary sulfonamides is 1. The highest BCUT2D eigenvalue weighted by Crippen LogP contribution is 2.46. The third kappa shape index (κ3) is 5.17. The number of nitrogens with two attached hydrogens (primary N) is 3. The number of imidazole rings is 1. The fraction of sp³-hybridized carbons (Fsp3) is 0.185. The molecular formula is C27H27N7O6S. The van der Waals surface area contributed by atoms with Crippen LogP contribution in [-0.4, -0.2) is 63.7 Å². The first-order valence-corrected chi connectivity index (χ1v) is 14.0. The molecule has 0 spiro atoms. The molecule has 1 unspecified atom stereocenters. The van der Waals surface area contributed by atoms with Crippen molar-refractivity contribution in [2.75, 3.05) is 6.54 Å². The Balaban J connectivity index is 1.69. The number of rotatable bonds is 7. The Morgan fingerprint density at radius 2 is 1.85 bits per heavy atom. The number of phenolic OH excluding ortho intramolecular Hbond substituents is 2. The molecule has 2 amide bonds. The van der Waals surface area contributed by atoms with Crippen molar-refractivity contribution in [3.63, 3.8) is 0 Å². The molecule has 41 heavy (non-hydrogen) atoms. The number of primary amides is 1. The lowest BCUT2D eigenvalue weighted by atomic mass is 9.94. The van der Waals surface area contributed by atoms with Gasteiger partial charge in [-0.3, -0.25) is 15.0 Å². The Morgan fingerprint density at radius 1 is 1.10 bits per heavy atom. The number of carbonyl (C=O) groups excluding carboxylic acids is 2. The molecule has 212 valence electrons. The maximum Gasteiger partial charge on any atom is 0.240 e. The van der Waals surface area contributed by atoms with Gasteiger partial charge in [-0.05, 0) is 54.8 Å². The van der Waals surface area contributed by atoms with Crippen LogP contribution in [0.5, 0.6) is 11.5 Å². The van der Waals surface area contributed by atoms with Crippen molar-refractivity contribution in [1.29, 1.82) is 5.41 Å². The third-order valence-electron chi connectivity index (χ3n) is 7.09. The molecule has 4 aromatic rings. The van der Waals surface area contributed by atoms with E-state index in [0.717, 1.165) is 0 Å². The Morgan fingerprint density at radius 3 is 2.54 bits per heavy atom. The molecule has 1 saturated heterocycles. The number of nitrogens with one attached hydrogen (secondary N) is 2. The number of aromatic hydroxyl groups is 2. The van der Waals surface area contributed by atoms with Gasteiger partial charge in [0.1, 0.15) is 29.2 Å². The fourth-order valence-corrected chi connectivity index (χ4v) is 5.63. The quantitative estimate of drug-likeness (QED) is 0.124. The molecule has 3 aromatic carbocycles. The van der Waals surface area contributed by atoms with E-state index in [9.17, 15) is 28.2 Å². The highest BCUT2D eigenvalue weighted by molar-refractivity contribution is 7.89. The van der Waals surface area contributed by atoms with Gasteiger partial charge in [0.15, 0.2) is 0 Å². The number of nitrogen functional groups attached to an aromatic ring is 1. The van der Waals surface area contributed by atoms with E-state index >= 15 is 0 Å². The van der Waals surface area contributed by atoms with E-state index in [1.165, 1.54) is 35.2 Å². The van der Waals surface area contributed by atoms with Gasteiger partial charge in [0.05, 0.1) is 33.5 Å². The van der Waals surface area contributed by atoms with Crippen LogP contribution in [0.25, 0.3) is 33.5 Å². The van der Waals surface area contributed by atoms with Gasteiger partial charge in [-0.15, -0.1) is 0 Å². The number of phenols is 2. The molecule has 0 aliphatic carbocycles. The van der Waals surface area contributed by atoms with E-state index in [1.54, 1.807) is 18.2 Å². The van der Waals surface area contributed by atoms with Crippen LogP contribution in [0.15, 0.2) is 53.4 Å². The number of H-pyrrole nitrogens is 1. The number of aromatic nitrogens is 2. The number of nitrogens with zero attached hydrogens (tertiary/aromatic N) is 2. The van der Waals surface area contributed by atoms with Gasteiger partial charge in [-0.1, -0.05) is 12.1 Å². The van der Waals surface area contributed by atoms with Crippen LogP contribution in [0.4, 0.5) is 0 Å². The molecular weight excluding hydrogens is 550 g/mol. The van der Waals surface area contributed by atoms with Crippen molar-refractivity contribution >= 4 is 38.7 Å². The smallest absolute Gasteiger partial charge is 0.240 e. The fourth-order valence-electron chi connectivity index (χ4n) is 5.07. The minimum Gasteiger partial charge on any atom is -0.507 e. The van der Waals surface area contributed by atoms with Crippen LogP contribution in [0.3, 0.4) is 0 Å². The number of benzene rings is 3. The number of fused-ring (bicyclic) bond motifs is 1. The van der Waals surface area contributed by atoms with E-state index in [1.807, 2.05) is 0 Å². The molecule has 1 aliphatic rings. The normalized spacial score (nSPS) is 15.3. The molecule has 1 fully saturated rings. The molecule has 0 saturated carbocycles. The van der Waals surface area contributed by atoms with Crippen LogP contribution in [-0.2, 0) is 26.0 Å². The summed E-state index contributed by atoms with van der Waals surface area (Å²) in [7, 11) is -4.12. The van der Waals surface area contributed by atoms with E-state index < -0.39 is 39.4 Å². The minimum atomic E-state index is -4.12. The molecule has 1 aromatic heterocycles. The summed E-state index contributed by atoms with van der Waals surface area (Å²) in [6.07, 6.45) is 0.680. The zero-order valence-electron chi connectivity index (χ0n) is 21.6. The van der Waals surface area contributed by atoms with Crippen molar-refractivity contribution in [2.24, 2.45) is 16.6 Å². The van der Waals surface area contributed by atoms with Crippen LogP contribution < -0.4 is 16.6 Å². The second-order valence-corrected chi connectivity index (χ2v) is 11.3. The summed E-state index contributed by atoms with van der Waals surface area (Å²) < 4.78 is 24.0. The summed E-state index contributed by atoms with van der Waals surface area (Å²) in [4.78, 5) is 33.8. The van der Waals surface area contributed by atoms with Crippen molar-refractivity contribution < 1.29 is 28.2 Å². The number of sulfonamides is 1. The maximum atomic E-state index is 13.3. The summed E-state index contributed by atoms with van der Waals surface area (Å²) in [5, 5.41) is 35.7. The first-order chi connectivity index (χ1) is 19.3. The Hall–Kier alpha value is -4.95. The minimum absolute atomic E-state index is 0.0961. The Labute approximate surface area is 234 Å². The highest BCUT2D eigenvalue weighted by Gasteiger charge is 2.33. The number of amides is 2. The zero-order valence-corrected chi connectivity index (χ0v) is 22.4. The molecule has 2 heterocycles. The first-order valence-electron chi connectivity index (χ1n) is 12.5. The monoisotopic (exact) mass is 577 g/mol. The molecule has 1 aliphatic heterocycles. The summed E-state index contributed by atoms with van der Waals surface area (Å²) in [5.74, 6) is -1.96. The van der Waals surface area contributed by atoms with Crippen molar-refractivity contribution in [2.45, 2.75) is 30.2 Å². The molecule has 0 radical (unpaired) electrons. The predicted octanol–water partition coefficient (Wildman–Crippen LogP) is 1.26. The van der Waals surface area contributed by atoms with Gasteiger partial charge in [-0.25, -0.2) is 18.5 Å². The van der Waals surface area contributed by atoms with E-state index in [-0.39, 0.29) is 45.2 Å². The SMILES string of the molecule is N=C(N)c1ccc2nc(-c3cc(CC(=O)N4CCCC4C(N)=O)c(O)c(-c4cccc(S(N)(=O)=O)c4)c3O)[nH]c2c1. The second kappa shape index (κ2) is 10.2. The zero-order chi connectivity index (χ0) is 29.6. The second-order valence-electron chi connectivity index (χ2n) is 9.78. The van der Waals surface area contributed by atoms with Crippen LogP contribution >= 0.6 is 0 Å². The highest BCUT2D eigenvalue weighted by atomic mass is 32.2. The van der Waals surface area contributed by atoms with Crippen LogP contribution in [0, 0.1) is 5.41 Å². The molecule has 1 atom stereocenters. The largest absolute Gasteiger partial charge is 0.507 e. The first kappa shape index (κ1) is 27.6. The van der Waals surface area contributed by atoms with Crippen LogP contribution in [0.2, 0.25) is 0 Å². The molecule has 13 nitrogen and oxygen atoms in total. The van der Waals surface area contributed by atoms with E-state index in [0.29, 0.717) is 36.0 Å². The van der Waals surface area contributed by atoms with Gasteiger partial charge in [0.25, 0.3) is 0 Å². The molecule has 10 N–H and O–H groups in total. The van der Waals surface area contributed by atoms with Crippen molar-refractivity contribution in [3.05, 3.63) is 59.7 Å². The molecule has 14 heteroatoms. The topological polar surface area (TPSA) is 243 Å². The van der Waals surface area contributed by atoms with Crippen molar-refractivity contribution in [1.82, 2.24) is 14.9 Å². The lowest BCUT2D eigenvalue weighted by Gasteiger charge is -2.23. The molecule has 0 bridgehead atoms. The molecule has 5 rings (SSSR count). The number of hydrogen-bond acceptors (Lipinski definition) is 8. The van der Waals surface area contributed by atoms with Gasteiger partial charge in [0.2, 0.25) is 21.8 Å². The average Bonchev–Trinajstić information content (AvgIpc) is 3.57. The Bertz CT molecular complexity index is 1850. The van der Waals surface area contributed by atoms with E-state index in [2.05, 4.69) is 9.97 Å². The number of hydrogen-bond donors (Lipinski definition) is 7. The summed E-state index contributed by atoms with van der Waals surface area (Å²) in [5.41, 5.74) is 12.7. The lowest BCUT2D eigenvalue weighted by molar-refractivity contribution is -0.136. The number of likely N-dealkylation sites (tertiary alicyclic amines) is 1. The maximum absolute atomic E-state index is 13.3. The van der Waals surface area contributed by atoms with Gasteiger partial charge >= 0.3 is 0 Å². The summed E-state index contributed by atoms with van der Waals surface area (Å²) in [6.45, 7) is 0.323. The summed E-state index contributed by atoms with van der Waals surface area (Å²) in [6, 6.07) is 10.8. The van der Waals surface area contributed by atoms with Gasteiger partial charge < -0.3 is 31.6 Å².